The number of esters is 1. The van der Waals surface area contributed by atoms with Crippen LogP contribution in [0.1, 0.15) is 22.8 Å². The summed E-state index contributed by atoms with van der Waals surface area (Å²) in [6, 6.07) is 12.5. The molecule has 1 unspecified atom stereocenters. The number of hydrogen-bond acceptors (Lipinski definition) is 5. The first-order valence-corrected chi connectivity index (χ1v) is 8.95. The number of carbonyl (C=O) groups excluding carboxylic acids is 2. The zero-order valence-electron chi connectivity index (χ0n) is 15.3. The lowest BCUT2D eigenvalue weighted by Crippen LogP contribution is -2.35. The standard InChI is InChI=1S/C20H23ClN2O4/c1-3-27-20(25)14(9-13-7-5-4-6-8-13)12-23-19(24)15-10-16(21)17(22)11-18(15)26-2/h4-8,10-11,14H,3,9,12,22H2,1-2H3,(H,23,24). The van der Waals surface area contributed by atoms with Crippen molar-refractivity contribution < 1.29 is 19.1 Å². The summed E-state index contributed by atoms with van der Waals surface area (Å²) in [7, 11) is 1.44. The van der Waals surface area contributed by atoms with Crippen LogP contribution in [0.15, 0.2) is 42.5 Å². The van der Waals surface area contributed by atoms with Gasteiger partial charge in [0.1, 0.15) is 5.75 Å². The molecule has 6 nitrogen and oxygen atoms in total. The van der Waals surface area contributed by atoms with E-state index in [4.69, 9.17) is 26.8 Å². The molecule has 3 N–H and O–H groups in total. The third kappa shape index (κ3) is 5.62. The van der Waals surface area contributed by atoms with Crippen LogP contribution in [-0.2, 0) is 16.0 Å². The summed E-state index contributed by atoms with van der Waals surface area (Å²) in [5.74, 6) is -0.961. The fourth-order valence-electron chi connectivity index (χ4n) is 2.62. The normalized spacial score (nSPS) is 11.5. The van der Waals surface area contributed by atoms with Crippen molar-refractivity contribution in [3.63, 3.8) is 0 Å². The molecule has 0 spiro atoms. The van der Waals surface area contributed by atoms with Gasteiger partial charge >= 0.3 is 5.97 Å². The van der Waals surface area contributed by atoms with Crippen molar-refractivity contribution in [3.8, 4) is 5.75 Å². The predicted octanol–water partition coefficient (Wildman–Crippen LogP) is 3.08. The molecule has 0 aliphatic heterocycles. The molecule has 7 heteroatoms. The maximum atomic E-state index is 12.6. The summed E-state index contributed by atoms with van der Waals surface area (Å²) in [4.78, 5) is 24.9. The fraction of sp³-hybridized carbons (Fsp3) is 0.300. The first kappa shape index (κ1) is 20.6. The number of amides is 1. The highest BCUT2D eigenvalue weighted by molar-refractivity contribution is 6.33. The summed E-state index contributed by atoms with van der Waals surface area (Å²) in [5, 5.41) is 3.02. The lowest BCUT2D eigenvalue weighted by Gasteiger charge is -2.17. The first-order valence-electron chi connectivity index (χ1n) is 8.58. The average molecular weight is 391 g/mol. The molecular weight excluding hydrogens is 368 g/mol. The number of hydrogen-bond donors (Lipinski definition) is 2. The van der Waals surface area contributed by atoms with Gasteiger partial charge in [-0.05, 0) is 25.0 Å². The van der Waals surface area contributed by atoms with E-state index < -0.39 is 11.8 Å². The minimum atomic E-state index is -0.508. The van der Waals surface area contributed by atoms with Crippen LogP contribution < -0.4 is 15.8 Å². The lowest BCUT2D eigenvalue weighted by atomic mass is 9.99. The molecule has 2 aromatic carbocycles. The second-order valence-corrected chi connectivity index (χ2v) is 6.33. The highest BCUT2D eigenvalue weighted by Crippen LogP contribution is 2.28. The van der Waals surface area contributed by atoms with Crippen molar-refractivity contribution in [2.24, 2.45) is 5.92 Å². The summed E-state index contributed by atoms with van der Waals surface area (Å²) in [6.07, 6.45) is 0.458. The number of halogens is 1. The second-order valence-electron chi connectivity index (χ2n) is 5.92. The van der Waals surface area contributed by atoms with Gasteiger partial charge in [-0.1, -0.05) is 41.9 Å². The molecule has 144 valence electrons. The molecule has 0 radical (unpaired) electrons. The number of anilines is 1. The Labute approximate surface area is 163 Å². The van der Waals surface area contributed by atoms with E-state index >= 15 is 0 Å². The largest absolute Gasteiger partial charge is 0.496 e. The zero-order chi connectivity index (χ0) is 19.8. The summed E-state index contributed by atoms with van der Waals surface area (Å²) >= 11 is 6.01. The van der Waals surface area contributed by atoms with Crippen molar-refractivity contribution >= 4 is 29.2 Å². The minimum Gasteiger partial charge on any atom is -0.496 e. The van der Waals surface area contributed by atoms with E-state index in [0.29, 0.717) is 17.9 Å². The Kier molecular flexibility index (Phi) is 7.49. The van der Waals surface area contributed by atoms with Crippen molar-refractivity contribution in [3.05, 3.63) is 58.6 Å². The van der Waals surface area contributed by atoms with Gasteiger partial charge in [-0.15, -0.1) is 0 Å². The van der Waals surface area contributed by atoms with Gasteiger partial charge < -0.3 is 20.5 Å². The van der Waals surface area contributed by atoms with E-state index in [1.807, 2.05) is 30.3 Å². The monoisotopic (exact) mass is 390 g/mol. The maximum Gasteiger partial charge on any atom is 0.311 e. The number of ether oxygens (including phenoxy) is 2. The van der Waals surface area contributed by atoms with Crippen LogP contribution in [0.3, 0.4) is 0 Å². The third-order valence-electron chi connectivity index (χ3n) is 4.02. The quantitative estimate of drug-likeness (QED) is 0.534. The van der Waals surface area contributed by atoms with Crippen LogP contribution >= 0.6 is 11.6 Å². The SMILES string of the molecule is CCOC(=O)C(CNC(=O)c1cc(Cl)c(N)cc1OC)Cc1ccccc1. The lowest BCUT2D eigenvalue weighted by molar-refractivity contribution is -0.147. The van der Waals surface area contributed by atoms with Gasteiger partial charge in [0.05, 0.1) is 35.9 Å². The Balaban J connectivity index is 2.13. The molecule has 0 bridgehead atoms. The number of rotatable bonds is 8. The van der Waals surface area contributed by atoms with E-state index in [2.05, 4.69) is 5.32 Å². The summed E-state index contributed by atoms with van der Waals surface area (Å²) < 4.78 is 10.3. The molecule has 1 atom stereocenters. The number of benzene rings is 2. The Hall–Kier alpha value is -2.73. The Morgan fingerprint density at radius 2 is 1.93 bits per heavy atom. The summed E-state index contributed by atoms with van der Waals surface area (Å²) in [6.45, 7) is 2.15. The van der Waals surface area contributed by atoms with Crippen LogP contribution in [0.4, 0.5) is 5.69 Å². The molecule has 0 fully saturated rings. The Bertz CT molecular complexity index is 796. The number of nitrogen functional groups attached to an aromatic ring is 1. The molecular formula is C20H23ClN2O4. The molecule has 0 aliphatic carbocycles. The third-order valence-corrected chi connectivity index (χ3v) is 4.34. The van der Waals surface area contributed by atoms with Crippen LogP contribution in [0, 0.1) is 5.92 Å². The molecule has 2 aromatic rings. The molecule has 27 heavy (non-hydrogen) atoms. The summed E-state index contributed by atoms with van der Waals surface area (Å²) in [5.41, 5.74) is 7.29. The predicted molar refractivity (Wildman–Crippen MR) is 105 cm³/mol. The van der Waals surface area contributed by atoms with E-state index in [1.165, 1.54) is 19.2 Å². The first-order chi connectivity index (χ1) is 13.0. The topological polar surface area (TPSA) is 90.7 Å². The molecule has 0 aromatic heterocycles. The molecule has 0 aliphatic rings. The fourth-order valence-corrected chi connectivity index (χ4v) is 2.79. The van der Waals surface area contributed by atoms with Gasteiger partial charge in [-0.3, -0.25) is 9.59 Å². The van der Waals surface area contributed by atoms with E-state index in [0.717, 1.165) is 5.56 Å². The van der Waals surface area contributed by atoms with Crippen LogP contribution in [-0.4, -0.2) is 32.1 Å². The Morgan fingerprint density at radius 1 is 1.22 bits per heavy atom. The van der Waals surface area contributed by atoms with Gasteiger partial charge in [0, 0.05) is 12.6 Å². The van der Waals surface area contributed by atoms with E-state index in [1.54, 1.807) is 6.92 Å². The van der Waals surface area contributed by atoms with Crippen LogP contribution in [0.2, 0.25) is 5.02 Å². The molecule has 0 heterocycles. The van der Waals surface area contributed by atoms with Gasteiger partial charge in [0.25, 0.3) is 5.91 Å². The van der Waals surface area contributed by atoms with Crippen LogP contribution in [0.5, 0.6) is 5.75 Å². The van der Waals surface area contributed by atoms with Gasteiger partial charge in [0.2, 0.25) is 0 Å². The highest BCUT2D eigenvalue weighted by Gasteiger charge is 2.23. The number of nitrogens with one attached hydrogen (secondary N) is 1. The number of nitrogens with two attached hydrogens (primary N) is 1. The molecule has 0 saturated carbocycles. The van der Waals surface area contributed by atoms with Crippen LogP contribution in [0.25, 0.3) is 0 Å². The smallest absolute Gasteiger partial charge is 0.311 e. The number of methoxy groups -OCH3 is 1. The number of carbonyl (C=O) groups is 2. The molecule has 1 amide bonds. The van der Waals surface area contributed by atoms with Crippen molar-refractivity contribution in [1.82, 2.24) is 5.32 Å². The molecule has 0 saturated heterocycles. The Morgan fingerprint density at radius 3 is 2.56 bits per heavy atom. The van der Waals surface area contributed by atoms with Crippen molar-refractivity contribution in [1.29, 1.82) is 0 Å². The molecule has 2 rings (SSSR count). The minimum absolute atomic E-state index is 0.123. The van der Waals surface area contributed by atoms with Crippen molar-refractivity contribution in [2.75, 3.05) is 26.0 Å². The highest BCUT2D eigenvalue weighted by atomic mass is 35.5. The van der Waals surface area contributed by atoms with Crippen molar-refractivity contribution in [2.45, 2.75) is 13.3 Å². The van der Waals surface area contributed by atoms with Gasteiger partial charge in [0.15, 0.2) is 0 Å². The maximum absolute atomic E-state index is 12.6. The van der Waals surface area contributed by atoms with E-state index in [-0.39, 0.29) is 29.7 Å². The zero-order valence-corrected chi connectivity index (χ0v) is 16.1. The van der Waals surface area contributed by atoms with Gasteiger partial charge in [-0.2, -0.15) is 0 Å². The van der Waals surface area contributed by atoms with Gasteiger partial charge in [-0.25, -0.2) is 0 Å². The average Bonchev–Trinajstić information content (AvgIpc) is 2.67. The second kappa shape index (κ2) is 9.83. The van der Waals surface area contributed by atoms with E-state index in [9.17, 15) is 9.59 Å².